The Labute approximate surface area is 102 Å². The van der Waals surface area contributed by atoms with Crippen LogP contribution >= 0.6 is 0 Å². The van der Waals surface area contributed by atoms with Gasteiger partial charge in [0.15, 0.2) is 0 Å². The van der Waals surface area contributed by atoms with Crippen LogP contribution in [0, 0.1) is 11.8 Å². The number of rotatable bonds is 7. The molecule has 1 aliphatic rings. The van der Waals surface area contributed by atoms with Crippen LogP contribution in [0.2, 0.25) is 0 Å². The summed E-state index contributed by atoms with van der Waals surface area (Å²) in [4.78, 5) is 0. The fourth-order valence-corrected chi connectivity index (χ4v) is 2.97. The summed E-state index contributed by atoms with van der Waals surface area (Å²) in [7, 11) is 0. The van der Waals surface area contributed by atoms with Gasteiger partial charge in [-0.05, 0) is 44.1 Å². The van der Waals surface area contributed by atoms with E-state index in [1.165, 1.54) is 57.9 Å². The molecular formula is C15H31N. The van der Waals surface area contributed by atoms with Gasteiger partial charge in [-0.2, -0.15) is 0 Å². The maximum atomic E-state index is 3.79. The molecule has 1 N–H and O–H groups in total. The first-order chi connectivity index (χ1) is 7.80. The maximum Gasteiger partial charge on any atom is 0.00673 e. The Morgan fingerprint density at radius 1 is 1.00 bits per heavy atom. The lowest BCUT2D eigenvalue weighted by Gasteiger charge is -2.30. The molecule has 16 heavy (non-hydrogen) atoms. The maximum absolute atomic E-state index is 3.79. The van der Waals surface area contributed by atoms with Crippen LogP contribution in [0.3, 0.4) is 0 Å². The smallest absolute Gasteiger partial charge is 0.00673 e. The van der Waals surface area contributed by atoms with Crippen molar-refractivity contribution in [2.45, 2.75) is 78.2 Å². The van der Waals surface area contributed by atoms with Gasteiger partial charge < -0.3 is 5.32 Å². The van der Waals surface area contributed by atoms with Crippen LogP contribution in [-0.2, 0) is 0 Å². The van der Waals surface area contributed by atoms with Crippen molar-refractivity contribution < 1.29 is 0 Å². The number of hydrogen-bond acceptors (Lipinski definition) is 1. The summed E-state index contributed by atoms with van der Waals surface area (Å²) < 4.78 is 0. The van der Waals surface area contributed by atoms with Crippen molar-refractivity contribution in [2.75, 3.05) is 6.54 Å². The van der Waals surface area contributed by atoms with E-state index >= 15 is 0 Å². The summed E-state index contributed by atoms with van der Waals surface area (Å²) >= 11 is 0. The van der Waals surface area contributed by atoms with Crippen LogP contribution in [0.4, 0.5) is 0 Å². The monoisotopic (exact) mass is 225 g/mol. The van der Waals surface area contributed by atoms with Gasteiger partial charge in [0.2, 0.25) is 0 Å². The average molecular weight is 225 g/mol. The fraction of sp³-hybridized carbons (Fsp3) is 1.00. The third-order valence-corrected chi connectivity index (χ3v) is 4.39. The standard InChI is InChI=1S/C15H31N/c1-4-7-14-8-10-15(11-9-14)16-12-13(5-2)6-3/h13-16H,4-12H2,1-3H3. The fourth-order valence-electron chi connectivity index (χ4n) is 2.97. The second-order valence-corrected chi connectivity index (χ2v) is 5.60. The van der Waals surface area contributed by atoms with Crippen LogP contribution in [0.15, 0.2) is 0 Å². The molecule has 1 heteroatoms. The second-order valence-electron chi connectivity index (χ2n) is 5.60. The molecule has 1 fully saturated rings. The van der Waals surface area contributed by atoms with Gasteiger partial charge in [-0.3, -0.25) is 0 Å². The Balaban J connectivity index is 2.12. The van der Waals surface area contributed by atoms with E-state index in [0.717, 1.165) is 17.9 Å². The molecule has 0 saturated heterocycles. The van der Waals surface area contributed by atoms with Crippen molar-refractivity contribution in [1.29, 1.82) is 0 Å². The summed E-state index contributed by atoms with van der Waals surface area (Å²) in [5.41, 5.74) is 0. The van der Waals surface area contributed by atoms with Crippen molar-refractivity contribution in [1.82, 2.24) is 5.32 Å². The van der Waals surface area contributed by atoms with Gasteiger partial charge in [0.1, 0.15) is 0 Å². The molecule has 0 aliphatic heterocycles. The second kappa shape index (κ2) is 8.11. The van der Waals surface area contributed by atoms with E-state index in [1.54, 1.807) is 0 Å². The molecule has 0 aromatic carbocycles. The van der Waals surface area contributed by atoms with E-state index in [4.69, 9.17) is 0 Å². The average Bonchev–Trinajstić information content (AvgIpc) is 2.33. The first kappa shape index (κ1) is 14.0. The highest BCUT2D eigenvalue weighted by molar-refractivity contribution is 4.77. The summed E-state index contributed by atoms with van der Waals surface area (Å²) in [5, 5.41) is 3.79. The normalized spacial score (nSPS) is 26.2. The van der Waals surface area contributed by atoms with E-state index < -0.39 is 0 Å². The zero-order valence-electron chi connectivity index (χ0n) is 11.6. The molecule has 0 aromatic heterocycles. The Morgan fingerprint density at radius 3 is 2.12 bits per heavy atom. The van der Waals surface area contributed by atoms with Gasteiger partial charge in [0.25, 0.3) is 0 Å². The van der Waals surface area contributed by atoms with Gasteiger partial charge in [0.05, 0.1) is 0 Å². The largest absolute Gasteiger partial charge is 0.314 e. The van der Waals surface area contributed by atoms with Gasteiger partial charge in [-0.15, -0.1) is 0 Å². The van der Waals surface area contributed by atoms with E-state index in [-0.39, 0.29) is 0 Å². The topological polar surface area (TPSA) is 12.0 Å². The van der Waals surface area contributed by atoms with Crippen molar-refractivity contribution in [2.24, 2.45) is 11.8 Å². The van der Waals surface area contributed by atoms with Crippen LogP contribution in [0.25, 0.3) is 0 Å². The quantitative estimate of drug-likeness (QED) is 0.678. The van der Waals surface area contributed by atoms with Crippen LogP contribution in [0.1, 0.15) is 72.1 Å². The highest BCUT2D eigenvalue weighted by Crippen LogP contribution is 2.27. The molecule has 0 unspecified atom stereocenters. The summed E-state index contributed by atoms with van der Waals surface area (Å²) in [6, 6.07) is 0.828. The molecule has 0 bridgehead atoms. The van der Waals surface area contributed by atoms with Crippen molar-refractivity contribution in [3.05, 3.63) is 0 Å². The molecule has 0 spiro atoms. The molecule has 0 aromatic rings. The third kappa shape index (κ3) is 4.86. The Morgan fingerprint density at radius 2 is 1.62 bits per heavy atom. The summed E-state index contributed by atoms with van der Waals surface area (Å²) in [5.74, 6) is 1.93. The van der Waals surface area contributed by atoms with Gasteiger partial charge in [0, 0.05) is 6.04 Å². The Kier molecular flexibility index (Phi) is 7.11. The minimum Gasteiger partial charge on any atom is -0.314 e. The molecule has 1 rings (SSSR count). The lowest BCUT2D eigenvalue weighted by Crippen LogP contribution is -2.36. The predicted octanol–water partition coefficient (Wildman–Crippen LogP) is 4.37. The van der Waals surface area contributed by atoms with Gasteiger partial charge in [-0.25, -0.2) is 0 Å². The van der Waals surface area contributed by atoms with E-state index in [1.807, 2.05) is 0 Å². The molecule has 0 atom stereocenters. The minimum absolute atomic E-state index is 0.828. The zero-order chi connectivity index (χ0) is 11.8. The zero-order valence-corrected chi connectivity index (χ0v) is 11.6. The molecule has 0 amide bonds. The third-order valence-electron chi connectivity index (χ3n) is 4.39. The highest BCUT2D eigenvalue weighted by Gasteiger charge is 2.20. The molecule has 0 heterocycles. The van der Waals surface area contributed by atoms with Gasteiger partial charge >= 0.3 is 0 Å². The van der Waals surface area contributed by atoms with Crippen LogP contribution in [-0.4, -0.2) is 12.6 Å². The molecule has 1 saturated carbocycles. The SMILES string of the molecule is CCCC1CCC(NCC(CC)CC)CC1. The van der Waals surface area contributed by atoms with Crippen LogP contribution in [0.5, 0.6) is 0 Å². The Hall–Kier alpha value is -0.0400. The van der Waals surface area contributed by atoms with E-state index in [2.05, 4.69) is 26.1 Å². The predicted molar refractivity (Wildman–Crippen MR) is 72.7 cm³/mol. The van der Waals surface area contributed by atoms with Gasteiger partial charge in [-0.1, -0.05) is 46.5 Å². The highest BCUT2D eigenvalue weighted by atomic mass is 14.9. The number of nitrogens with one attached hydrogen (secondary N) is 1. The minimum atomic E-state index is 0.828. The first-order valence-electron chi connectivity index (χ1n) is 7.53. The molecule has 0 radical (unpaired) electrons. The lowest BCUT2D eigenvalue weighted by molar-refractivity contribution is 0.267. The molecular weight excluding hydrogens is 194 g/mol. The molecule has 1 nitrogen and oxygen atoms in total. The van der Waals surface area contributed by atoms with E-state index in [9.17, 15) is 0 Å². The Bertz CT molecular complexity index is 155. The number of hydrogen-bond donors (Lipinski definition) is 1. The van der Waals surface area contributed by atoms with E-state index in [0.29, 0.717) is 0 Å². The first-order valence-corrected chi connectivity index (χ1v) is 7.53. The van der Waals surface area contributed by atoms with Crippen LogP contribution < -0.4 is 5.32 Å². The van der Waals surface area contributed by atoms with Crippen molar-refractivity contribution in [3.63, 3.8) is 0 Å². The summed E-state index contributed by atoms with van der Waals surface area (Å²) in [6.07, 6.45) is 11.3. The van der Waals surface area contributed by atoms with Crippen molar-refractivity contribution >= 4 is 0 Å². The molecule has 1 aliphatic carbocycles. The van der Waals surface area contributed by atoms with Crippen molar-refractivity contribution in [3.8, 4) is 0 Å². The summed E-state index contributed by atoms with van der Waals surface area (Å²) in [6.45, 7) is 8.19. The lowest BCUT2D eigenvalue weighted by atomic mass is 9.83. The molecule has 96 valence electrons.